The zero-order valence-corrected chi connectivity index (χ0v) is 15.5. The molecule has 0 aliphatic carbocycles. The third-order valence-corrected chi connectivity index (χ3v) is 5.32. The molecule has 0 spiro atoms. The summed E-state index contributed by atoms with van der Waals surface area (Å²) in [6.07, 6.45) is 0. The van der Waals surface area contributed by atoms with Crippen molar-refractivity contribution < 1.29 is 4.74 Å². The van der Waals surface area contributed by atoms with Gasteiger partial charge < -0.3 is 4.74 Å². The lowest BCUT2D eigenvalue weighted by atomic mass is 10.1. The first-order chi connectivity index (χ1) is 13.3. The molecule has 3 aromatic carbocycles. The molecule has 0 aliphatic rings. The number of nitrogens with zero attached hydrogens (tertiary/aromatic N) is 4. The fraction of sp³-hybridized carbons (Fsp3) is 0.0952. The number of ether oxygens (including phenoxy) is 1. The predicted octanol–water partition coefficient (Wildman–Crippen LogP) is 4.89. The molecule has 0 saturated heterocycles. The van der Waals surface area contributed by atoms with Crippen LogP contribution in [0.25, 0.3) is 27.1 Å². The summed E-state index contributed by atoms with van der Waals surface area (Å²) in [7, 11) is 0. The highest BCUT2D eigenvalue weighted by atomic mass is 32.1. The molecule has 2 aromatic heterocycles. The Hall–Kier alpha value is -3.25. The third-order valence-electron chi connectivity index (χ3n) is 4.44. The molecule has 0 radical (unpaired) electrons. The number of hydrogen-bond acceptors (Lipinski definition) is 5. The van der Waals surface area contributed by atoms with Crippen LogP contribution in [0.4, 0.5) is 0 Å². The van der Waals surface area contributed by atoms with Crippen LogP contribution in [0.3, 0.4) is 0 Å². The van der Waals surface area contributed by atoms with Crippen LogP contribution in [-0.4, -0.2) is 19.8 Å². The van der Waals surface area contributed by atoms with E-state index in [1.54, 1.807) is 4.52 Å². The Morgan fingerprint density at radius 2 is 1.74 bits per heavy atom. The van der Waals surface area contributed by atoms with Crippen molar-refractivity contribution in [3.05, 3.63) is 77.3 Å². The van der Waals surface area contributed by atoms with Gasteiger partial charge in [-0.1, -0.05) is 77.6 Å². The fourth-order valence-corrected chi connectivity index (χ4v) is 3.81. The van der Waals surface area contributed by atoms with Crippen molar-refractivity contribution >= 4 is 27.1 Å². The topological polar surface area (TPSA) is 52.3 Å². The third kappa shape index (κ3) is 2.94. The summed E-state index contributed by atoms with van der Waals surface area (Å²) in [5.41, 5.74) is 2.21. The molecule has 132 valence electrons. The summed E-state index contributed by atoms with van der Waals surface area (Å²) in [5, 5.41) is 16.3. The number of hydrogen-bond donors (Lipinski definition) is 0. The number of benzene rings is 3. The molecule has 5 aromatic rings. The first kappa shape index (κ1) is 16.0. The molecule has 0 N–H and O–H groups in total. The maximum absolute atomic E-state index is 6.05. The number of aryl methyl sites for hydroxylation is 1. The van der Waals surface area contributed by atoms with E-state index in [2.05, 4.69) is 52.6 Å². The van der Waals surface area contributed by atoms with Gasteiger partial charge >= 0.3 is 0 Å². The molecule has 6 heteroatoms. The SMILES string of the molecule is Cc1ccc(-c2nnc3sc(COc4cccc5ccccc45)nn23)cc1. The first-order valence-electron chi connectivity index (χ1n) is 8.67. The van der Waals surface area contributed by atoms with Crippen LogP contribution in [0, 0.1) is 6.92 Å². The van der Waals surface area contributed by atoms with Gasteiger partial charge in [0.15, 0.2) is 10.8 Å². The van der Waals surface area contributed by atoms with Gasteiger partial charge in [-0.2, -0.15) is 9.61 Å². The maximum atomic E-state index is 6.05. The van der Waals surface area contributed by atoms with Crippen molar-refractivity contribution in [1.82, 2.24) is 19.8 Å². The average molecular weight is 372 g/mol. The van der Waals surface area contributed by atoms with E-state index in [-0.39, 0.29) is 0 Å². The van der Waals surface area contributed by atoms with E-state index in [0.29, 0.717) is 6.61 Å². The normalized spacial score (nSPS) is 11.3. The standard InChI is InChI=1S/C21H16N4OS/c1-14-9-11-16(12-10-14)20-22-23-21-25(20)24-19(27-21)13-26-18-8-4-6-15-5-2-3-7-17(15)18/h2-12H,13H2,1H3. The molecule has 0 aliphatic heterocycles. The van der Waals surface area contributed by atoms with Crippen LogP contribution in [0.15, 0.2) is 66.7 Å². The van der Waals surface area contributed by atoms with Crippen LogP contribution < -0.4 is 4.74 Å². The second-order valence-corrected chi connectivity index (χ2v) is 7.39. The zero-order valence-electron chi connectivity index (χ0n) is 14.7. The lowest BCUT2D eigenvalue weighted by Gasteiger charge is -2.07. The minimum absolute atomic E-state index is 0.398. The van der Waals surface area contributed by atoms with Crippen molar-refractivity contribution in [2.75, 3.05) is 0 Å². The van der Waals surface area contributed by atoms with E-state index >= 15 is 0 Å². The van der Waals surface area contributed by atoms with Crippen molar-refractivity contribution in [2.24, 2.45) is 0 Å². The van der Waals surface area contributed by atoms with Gasteiger partial charge in [0.2, 0.25) is 4.96 Å². The largest absolute Gasteiger partial charge is 0.486 e. The monoisotopic (exact) mass is 372 g/mol. The minimum Gasteiger partial charge on any atom is -0.486 e. The van der Waals surface area contributed by atoms with Gasteiger partial charge in [0.1, 0.15) is 12.4 Å². The van der Waals surface area contributed by atoms with E-state index in [1.807, 2.05) is 36.4 Å². The predicted molar refractivity (Wildman–Crippen MR) is 107 cm³/mol. The van der Waals surface area contributed by atoms with Crippen LogP contribution in [0.5, 0.6) is 5.75 Å². The molecule has 0 amide bonds. The molecule has 0 fully saturated rings. The Morgan fingerprint density at radius 3 is 2.63 bits per heavy atom. The average Bonchev–Trinajstić information content (AvgIpc) is 3.27. The maximum Gasteiger partial charge on any atom is 0.235 e. The molecule has 0 bridgehead atoms. The molecule has 2 heterocycles. The number of fused-ring (bicyclic) bond motifs is 2. The van der Waals surface area contributed by atoms with E-state index < -0.39 is 0 Å². The van der Waals surface area contributed by atoms with Crippen LogP contribution in [0.1, 0.15) is 10.6 Å². The van der Waals surface area contributed by atoms with Crippen LogP contribution in [-0.2, 0) is 6.61 Å². The Labute approximate surface area is 159 Å². The first-order valence-corrected chi connectivity index (χ1v) is 9.48. The van der Waals surface area contributed by atoms with Crippen molar-refractivity contribution in [2.45, 2.75) is 13.5 Å². The molecule has 5 nitrogen and oxygen atoms in total. The fourth-order valence-electron chi connectivity index (χ4n) is 3.06. The molecular formula is C21H16N4OS. The summed E-state index contributed by atoms with van der Waals surface area (Å²) >= 11 is 1.49. The summed E-state index contributed by atoms with van der Waals surface area (Å²) in [4.78, 5) is 0.766. The minimum atomic E-state index is 0.398. The van der Waals surface area contributed by atoms with Gasteiger partial charge in [0, 0.05) is 10.9 Å². The smallest absolute Gasteiger partial charge is 0.235 e. The van der Waals surface area contributed by atoms with Gasteiger partial charge in [-0.3, -0.25) is 0 Å². The van der Waals surface area contributed by atoms with Gasteiger partial charge in [-0.15, -0.1) is 10.2 Å². The lowest BCUT2D eigenvalue weighted by Crippen LogP contribution is -1.98. The highest BCUT2D eigenvalue weighted by Gasteiger charge is 2.14. The Morgan fingerprint density at radius 1 is 0.926 bits per heavy atom. The zero-order chi connectivity index (χ0) is 18.2. The lowest BCUT2D eigenvalue weighted by molar-refractivity contribution is 0.308. The highest BCUT2D eigenvalue weighted by molar-refractivity contribution is 7.16. The van der Waals surface area contributed by atoms with Gasteiger partial charge in [0.05, 0.1) is 0 Å². The van der Waals surface area contributed by atoms with Gasteiger partial charge in [-0.05, 0) is 18.4 Å². The molecular weight excluding hydrogens is 356 g/mol. The molecule has 27 heavy (non-hydrogen) atoms. The number of aromatic nitrogens is 4. The Bertz CT molecular complexity index is 1240. The van der Waals surface area contributed by atoms with E-state index in [0.717, 1.165) is 37.9 Å². The van der Waals surface area contributed by atoms with E-state index in [9.17, 15) is 0 Å². The second kappa shape index (κ2) is 6.48. The molecule has 0 unspecified atom stereocenters. The van der Waals surface area contributed by atoms with Crippen LogP contribution in [0.2, 0.25) is 0 Å². The summed E-state index contributed by atoms with van der Waals surface area (Å²) < 4.78 is 7.84. The van der Waals surface area contributed by atoms with Crippen molar-refractivity contribution in [3.63, 3.8) is 0 Å². The van der Waals surface area contributed by atoms with Gasteiger partial charge in [-0.25, -0.2) is 0 Å². The molecule has 5 rings (SSSR count). The van der Waals surface area contributed by atoms with E-state index in [1.165, 1.54) is 16.9 Å². The van der Waals surface area contributed by atoms with Crippen molar-refractivity contribution in [1.29, 1.82) is 0 Å². The Balaban J connectivity index is 1.43. The summed E-state index contributed by atoms with van der Waals surface area (Å²) in [6.45, 7) is 2.46. The van der Waals surface area contributed by atoms with Crippen LogP contribution >= 0.6 is 11.3 Å². The Kier molecular flexibility index (Phi) is 3.83. The van der Waals surface area contributed by atoms with Gasteiger partial charge in [0.25, 0.3) is 0 Å². The molecule has 0 atom stereocenters. The van der Waals surface area contributed by atoms with E-state index in [4.69, 9.17) is 4.74 Å². The summed E-state index contributed by atoms with van der Waals surface area (Å²) in [6, 6.07) is 22.5. The number of rotatable bonds is 4. The summed E-state index contributed by atoms with van der Waals surface area (Å²) in [5.74, 6) is 1.61. The van der Waals surface area contributed by atoms with Crippen molar-refractivity contribution in [3.8, 4) is 17.1 Å². The second-order valence-electron chi connectivity index (χ2n) is 6.35. The quantitative estimate of drug-likeness (QED) is 0.450. The highest BCUT2D eigenvalue weighted by Crippen LogP contribution is 2.27. The molecule has 0 saturated carbocycles.